The molecule has 1 aromatic heterocycles. The Morgan fingerprint density at radius 3 is 2.43 bits per heavy atom. The van der Waals surface area contributed by atoms with Gasteiger partial charge in [0, 0.05) is 24.0 Å². The van der Waals surface area contributed by atoms with Crippen LogP contribution < -0.4 is 10.6 Å². The third-order valence-corrected chi connectivity index (χ3v) is 6.00. The average Bonchev–Trinajstić information content (AvgIpc) is 2.86. The molecule has 35 heavy (non-hydrogen) atoms. The number of amides is 2. The lowest BCUT2D eigenvalue weighted by Gasteiger charge is -2.28. The Morgan fingerprint density at radius 2 is 1.71 bits per heavy atom. The Kier molecular flexibility index (Phi) is 9.76. The van der Waals surface area contributed by atoms with Crippen molar-refractivity contribution in [1.82, 2.24) is 15.6 Å². The Balaban J connectivity index is 1.80. The first-order valence-electron chi connectivity index (χ1n) is 12.1. The molecule has 3 rings (SSSR count). The first kappa shape index (κ1) is 26.3. The minimum atomic E-state index is -0.948. The molecule has 2 amide bonds. The highest BCUT2D eigenvalue weighted by atomic mass is 16.3. The number of hydrogen-bond acceptors (Lipinski definition) is 5. The number of fused-ring (bicyclic) bond motifs is 1. The Hall–Kier alpha value is -3.29. The van der Waals surface area contributed by atoms with Crippen LogP contribution in [0.1, 0.15) is 42.6 Å². The van der Waals surface area contributed by atoms with Gasteiger partial charge < -0.3 is 20.8 Å². The van der Waals surface area contributed by atoms with Crippen LogP contribution >= 0.6 is 0 Å². The third-order valence-electron chi connectivity index (χ3n) is 6.00. The van der Waals surface area contributed by atoms with E-state index in [9.17, 15) is 14.7 Å². The summed E-state index contributed by atoms with van der Waals surface area (Å²) in [6.07, 6.45) is 1.80. The van der Waals surface area contributed by atoms with E-state index >= 15 is 0 Å². The summed E-state index contributed by atoms with van der Waals surface area (Å²) in [6.45, 7) is 4.07. The topological polar surface area (TPSA) is 112 Å². The summed E-state index contributed by atoms with van der Waals surface area (Å²) in [4.78, 5) is 30.2. The number of pyridine rings is 1. The molecule has 0 aliphatic heterocycles. The lowest BCUT2D eigenvalue weighted by molar-refractivity contribution is -0.126. The molecule has 3 atom stereocenters. The molecule has 0 bridgehead atoms. The smallest absolute Gasteiger partial charge is 0.253 e. The number of rotatable bonds is 12. The van der Waals surface area contributed by atoms with Crippen molar-refractivity contribution in [2.75, 3.05) is 13.2 Å². The van der Waals surface area contributed by atoms with E-state index in [0.717, 1.165) is 16.5 Å². The van der Waals surface area contributed by atoms with Gasteiger partial charge in [-0.15, -0.1) is 0 Å². The second-order valence-corrected chi connectivity index (χ2v) is 9.33. The zero-order valence-electron chi connectivity index (χ0n) is 20.4. The van der Waals surface area contributed by atoms with Gasteiger partial charge in [-0.25, -0.2) is 0 Å². The molecule has 7 heteroatoms. The SMILES string of the molecule is CC(C)C[C@H](C[C@H](O)C(Cc1ccccc1)NC(=O)c1cnc2ccccc2c1)C(=O)NCCO. The Bertz CT molecular complexity index is 1100. The van der Waals surface area contributed by atoms with E-state index in [2.05, 4.69) is 15.6 Å². The number of carbonyl (C=O) groups is 2. The minimum Gasteiger partial charge on any atom is -0.395 e. The maximum absolute atomic E-state index is 13.2. The molecule has 0 fully saturated rings. The van der Waals surface area contributed by atoms with E-state index in [4.69, 9.17) is 5.11 Å². The summed E-state index contributed by atoms with van der Waals surface area (Å²) in [7, 11) is 0. The van der Waals surface area contributed by atoms with Gasteiger partial charge in [-0.05, 0) is 42.9 Å². The summed E-state index contributed by atoms with van der Waals surface area (Å²) in [5.74, 6) is -0.712. The number of benzene rings is 2. The van der Waals surface area contributed by atoms with Crippen molar-refractivity contribution in [1.29, 1.82) is 0 Å². The largest absolute Gasteiger partial charge is 0.395 e. The summed E-state index contributed by atoms with van der Waals surface area (Å²) in [5.41, 5.74) is 2.18. The van der Waals surface area contributed by atoms with Crippen LogP contribution in [0.5, 0.6) is 0 Å². The number of hydrogen-bond donors (Lipinski definition) is 4. The number of aliphatic hydroxyl groups excluding tert-OH is 2. The molecule has 4 N–H and O–H groups in total. The fourth-order valence-corrected chi connectivity index (χ4v) is 4.26. The molecule has 0 saturated carbocycles. The van der Waals surface area contributed by atoms with E-state index in [0.29, 0.717) is 18.4 Å². The molecule has 0 spiro atoms. The van der Waals surface area contributed by atoms with Crippen LogP contribution in [-0.4, -0.2) is 52.3 Å². The van der Waals surface area contributed by atoms with Gasteiger partial charge in [0.1, 0.15) is 0 Å². The minimum absolute atomic E-state index is 0.144. The molecule has 3 aromatic rings. The quantitative estimate of drug-likeness (QED) is 0.320. The van der Waals surface area contributed by atoms with Crippen LogP contribution in [0.3, 0.4) is 0 Å². The summed E-state index contributed by atoms with van der Waals surface area (Å²) in [5, 5.41) is 26.9. The highest BCUT2D eigenvalue weighted by Gasteiger charge is 2.29. The average molecular weight is 478 g/mol. The van der Waals surface area contributed by atoms with Crippen molar-refractivity contribution >= 4 is 22.7 Å². The van der Waals surface area contributed by atoms with Crippen molar-refractivity contribution < 1.29 is 19.8 Å². The van der Waals surface area contributed by atoms with E-state index in [1.807, 2.05) is 68.4 Å². The van der Waals surface area contributed by atoms with Crippen molar-refractivity contribution in [3.05, 3.63) is 78.0 Å². The zero-order valence-corrected chi connectivity index (χ0v) is 20.4. The predicted molar refractivity (Wildman–Crippen MR) is 137 cm³/mol. The Labute approximate surface area is 206 Å². The first-order valence-corrected chi connectivity index (χ1v) is 12.1. The number of carbonyl (C=O) groups excluding carboxylic acids is 2. The number of aromatic nitrogens is 1. The van der Waals surface area contributed by atoms with Gasteiger partial charge in [0.05, 0.1) is 29.8 Å². The fraction of sp³-hybridized carbons (Fsp3) is 0.393. The number of nitrogens with one attached hydrogen (secondary N) is 2. The second-order valence-electron chi connectivity index (χ2n) is 9.33. The molecule has 1 unspecified atom stereocenters. The standard InChI is InChI=1S/C28H35N3O4/c1-19(2)14-22(27(34)29-12-13-32)17-26(33)25(15-20-8-4-3-5-9-20)31-28(35)23-16-21-10-6-7-11-24(21)30-18-23/h3-11,16,18-19,22,25-26,32-33H,12-15,17H2,1-2H3,(H,29,34)(H,31,35)/t22-,25?,26+/m1/s1. The van der Waals surface area contributed by atoms with E-state index < -0.39 is 18.1 Å². The molecule has 0 aliphatic carbocycles. The summed E-state index contributed by atoms with van der Waals surface area (Å²) >= 11 is 0. The maximum atomic E-state index is 13.2. The van der Waals surface area contributed by atoms with Crippen LogP contribution in [0.15, 0.2) is 66.9 Å². The fourth-order valence-electron chi connectivity index (χ4n) is 4.26. The van der Waals surface area contributed by atoms with Crippen LogP contribution in [0.4, 0.5) is 0 Å². The highest BCUT2D eigenvalue weighted by Crippen LogP contribution is 2.21. The summed E-state index contributed by atoms with van der Waals surface area (Å²) < 4.78 is 0. The van der Waals surface area contributed by atoms with E-state index in [1.54, 1.807) is 6.07 Å². The zero-order chi connectivity index (χ0) is 25.2. The van der Waals surface area contributed by atoms with Crippen LogP contribution in [0.25, 0.3) is 10.9 Å². The molecule has 7 nitrogen and oxygen atoms in total. The Morgan fingerprint density at radius 1 is 1.00 bits per heavy atom. The van der Waals surface area contributed by atoms with Crippen LogP contribution in [-0.2, 0) is 11.2 Å². The highest BCUT2D eigenvalue weighted by molar-refractivity contribution is 5.97. The summed E-state index contributed by atoms with van der Waals surface area (Å²) in [6, 6.07) is 18.4. The van der Waals surface area contributed by atoms with Crippen molar-refractivity contribution in [2.24, 2.45) is 11.8 Å². The van der Waals surface area contributed by atoms with Crippen molar-refractivity contribution in [3.8, 4) is 0 Å². The first-order chi connectivity index (χ1) is 16.9. The number of nitrogens with zero attached hydrogens (tertiary/aromatic N) is 1. The molecular weight excluding hydrogens is 442 g/mol. The normalized spacial score (nSPS) is 13.9. The second kappa shape index (κ2) is 13.0. The number of aliphatic hydroxyl groups is 2. The predicted octanol–water partition coefficient (Wildman–Crippen LogP) is 3.10. The van der Waals surface area contributed by atoms with Gasteiger partial charge >= 0.3 is 0 Å². The van der Waals surface area contributed by atoms with Gasteiger partial charge in [-0.2, -0.15) is 0 Å². The van der Waals surface area contributed by atoms with Gasteiger partial charge in [0.15, 0.2) is 0 Å². The molecule has 0 saturated heterocycles. The molecule has 2 aromatic carbocycles. The van der Waals surface area contributed by atoms with Crippen molar-refractivity contribution in [2.45, 2.75) is 45.3 Å². The number of para-hydroxylation sites is 1. The van der Waals surface area contributed by atoms with Crippen LogP contribution in [0.2, 0.25) is 0 Å². The monoisotopic (exact) mass is 477 g/mol. The van der Waals surface area contributed by atoms with Gasteiger partial charge in [0.2, 0.25) is 5.91 Å². The maximum Gasteiger partial charge on any atom is 0.253 e. The molecular formula is C28H35N3O4. The molecule has 186 valence electrons. The molecule has 0 radical (unpaired) electrons. The van der Waals surface area contributed by atoms with Crippen LogP contribution in [0, 0.1) is 11.8 Å². The lowest BCUT2D eigenvalue weighted by Crippen LogP contribution is -2.47. The molecule has 1 heterocycles. The lowest BCUT2D eigenvalue weighted by atomic mass is 9.87. The molecule has 0 aliphatic rings. The van der Waals surface area contributed by atoms with Gasteiger partial charge in [-0.3, -0.25) is 14.6 Å². The van der Waals surface area contributed by atoms with Crippen molar-refractivity contribution in [3.63, 3.8) is 0 Å². The van der Waals surface area contributed by atoms with Gasteiger partial charge in [-0.1, -0.05) is 62.4 Å². The van der Waals surface area contributed by atoms with E-state index in [1.165, 1.54) is 6.20 Å². The van der Waals surface area contributed by atoms with Gasteiger partial charge in [0.25, 0.3) is 5.91 Å². The third kappa shape index (κ3) is 7.87. The van der Waals surface area contributed by atoms with E-state index in [-0.39, 0.29) is 37.3 Å².